The van der Waals surface area contributed by atoms with Crippen LogP contribution in [0.2, 0.25) is 5.02 Å². The van der Waals surface area contributed by atoms with Gasteiger partial charge in [0.15, 0.2) is 0 Å². The van der Waals surface area contributed by atoms with Gasteiger partial charge in [-0.3, -0.25) is 4.79 Å². The van der Waals surface area contributed by atoms with Crippen LogP contribution in [0.1, 0.15) is 18.4 Å². The van der Waals surface area contributed by atoms with E-state index in [-0.39, 0.29) is 5.91 Å². The Labute approximate surface area is 141 Å². The number of hydrogen-bond acceptors (Lipinski definition) is 3. The largest absolute Gasteiger partial charge is 0.495 e. The predicted octanol–water partition coefficient (Wildman–Crippen LogP) is 4.45. The van der Waals surface area contributed by atoms with Crippen molar-refractivity contribution in [3.8, 4) is 11.5 Å². The molecule has 0 aliphatic heterocycles. The van der Waals surface area contributed by atoms with Crippen LogP contribution in [0.25, 0.3) is 0 Å². The molecule has 1 N–H and O–H groups in total. The topological polar surface area (TPSA) is 47.6 Å². The molecule has 0 heterocycles. The first-order valence-electron chi connectivity index (χ1n) is 7.42. The molecule has 0 radical (unpaired) electrons. The Morgan fingerprint density at radius 2 is 2.00 bits per heavy atom. The lowest BCUT2D eigenvalue weighted by molar-refractivity contribution is -0.116. The highest BCUT2D eigenvalue weighted by molar-refractivity contribution is 6.31. The Hall–Kier alpha value is -2.20. The summed E-state index contributed by atoms with van der Waals surface area (Å²) in [4.78, 5) is 12.0. The van der Waals surface area contributed by atoms with E-state index in [1.54, 1.807) is 13.2 Å². The van der Waals surface area contributed by atoms with Crippen LogP contribution in [0.15, 0.2) is 42.5 Å². The Bertz CT molecular complexity index is 673. The number of hydrogen-bond donors (Lipinski definition) is 1. The van der Waals surface area contributed by atoms with E-state index in [9.17, 15) is 4.79 Å². The molecule has 2 rings (SSSR count). The van der Waals surface area contributed by atoms with Crippen molar-refractivity contribution in [2.45, 2.75) is 19.8 Å². The summed E-state index contributed by atoms with van der Waals surface area (Å²) in [7, 11) is 1.58. The zero-order chi connectivity index (χ0) is 16.7. The van der Waals surface area contributed by atoms with Crippen molar-refractivity contribution in [1.29, 1.82) is 0 Å². The van der Waals surface area contributed by atoms with E-state index in [1.807, 2.05) is 43.3 Å². The van der Waals surface area contributed by atoms with Gasteiger partial charge < -0.3 is 14.8 Å². The predicted molar refractivity (Wildman–Crippen MR) is 92.5 cm³/mol. The molecule has 0 aromatic heterocycles. The SMILES string of the molecule is COc1ccccc1NC(=O)CCCOc1ccc(Cl)c(C)c1. The van der Waals surface area contributed by atoms with Crippen LogP contribution in [0.5, 0.6) is 11.5 Å². The maximum atomic E-state index is 12.0. The second-order valence-electron chi connectivity index (χ2n) is 5.11. The molecule has 2 aromatic rings. The molecule has 122 valence electrons. The second kappa shape index (κ2) is 8.44. The van der Waals surface area contributed by atoms with Gasteiger partial charge in [-0.2, -0.15) is 0 Å². The van der Waals surface area contributed by atoms with Gasteiger partial charge in [-0.25, -0.2) is 0 Å². The van der Waals surface area contributed by atoms with Crippen LogP contribution in [0.3, 0.4) is 0 Å². The van der Waals surface area contributed by atoms with Crippen molar-refractivity contribution in [3.05, 3.63) is 53.1 Å². The summed E-state index contributed by atoms with van der Waals surface area (Å²) < 4.78 is 10.8. The number of para-hydroxylation sites is 2. The van der Waals surface area contributed by atoms with Gasteiger partial charge in [-0.15, -0.1) is 0 Å². The lowest BCUT2D eigenvalue weighted by atomic mass is 10.2. The number of carbonyl (C=O) groups excluding carboxylic acids is 1. The molecule has 4 nitrogen and oxygen atoms in total. The third-order valence-electron chi connectivity index (χ3n) is 3.33. The summed E-state index contributed by atoms with van der Waals surface area (Å²) in [6.07, 6.45) is 1.01. The lowest BCUT2D eigenvalue weighted by Gasteiger charge is -2.10. The number of amides is 1. The summed E-state index contributed by atoms with van der Waals surface area (Å²) in [6.45, 7) is 2.40. The van der Waals surface area contributed by atoms with Crippen molar-refractivity contribution in [2.24, 2.45) is 0 Å². The average molecular weight is 334 g/mol. The van der Waals surface area contributed by atoms with Crippen LogP contribution >= 0.6 is 11.6 Å². The molecule has 0 spiro atoms. The fourth-order valence-corrected chi connectivity index (χ4v) is 2.21. The molecule has 2 aromatic carbocycles. The van der Waals surface area contributed by atoms with E-state index < -0.39 is 0 Å². The average Bonchev–Trinajstić information content (AvgIpc) is 2.55. The van der Waals surface area contributed by atoms with Crippen LogP contribution in [-0.2, 0) is 4.79 Å². The molecule has 23 heavy (non-hydrogen) atoms. The van der Waals surface area contributed by atoms with Gasteiger partial charge in [0.2, 0.25) is 5.91 Å². The van der Waals surface area contributed by atoms with E-state index in [1.165, 1.54) is 0 Å². The van der Waals surface area contributed by atoms with Crippen molar-refractivity contribution in [1.82, 2.24) is 0 Å². The number of rotatable bonds is 7. The van der Waals surface area contributed by atoms with Gasteiger partial charge in [0.25, 0.3) is 0 Å². The monoisotopic (exact) mass is 333 g/mol. The first-order chi connectivity index (χ1) is 11.1. The number of ether oxygens (including phenoxy) is 2. The second-order valence-corrected chi connectivity index (χ2v) is 5.52. The Kier molecular flexibility index (Phi) is 6.29. The minimum absolute atomic E-state index is 0.0645. The molecule has 0 atom stereocenters. The third-order valence-corrected chi connectivity index (χ3v) is 3.75. The fraction of sp³-hybridized carbons (Fsp3) is 0.278. The molecule has 0 aliphatic rings. The lowest BCUT2D eigenvalue weighted by Crippen LogP contribution is -2.13. The van der Waals surface area contributed by atoms with E-state index >= 15 is 0 Å². The Morgan fingerprint density at radius 1 is 1.22 bits per heavy atom. The van der Waals surface area contributed by atoms with Crippen LogP contribution in [0, 0.1) is 6.92 Å². The number of benzene rings is 2. The van der Waals surface area contributed by atoms with Gasteiger partial charge >= 0.3 is 0 Å². The number of carbonyl (C=O) groups is 1. The molecule has 0 aliphatic carbocycles. The summed E-state index contributed by atoms with van der Waals surface area (Å²) >= 11 is 5.97. The van der Waals surface area contributed by atoms with Gasteiger partial charge in [0.1, 0.15) is 11.5 Å². The Balaban J connectivity index is 1.75. The van der Waals surface area contributed by atoms with E-state index in [2.05, 4.69) is 5.32 Å². The minimum atomic E-state index is -0.0645. The summed E-state index contributed by atoms with van der Waals surface area (Å²) in [6, 6.07) is 12.8. The highest BCUT2D eigenvalue weighted by Gasteiger charge is 2.07. The molecule has 0 fully saturated rings. The quantitative estimate of drug-likeness (QED) is 0.761. The van der Waals surface area contributed by atoms with Crippen molar-refractivity contribution in [3.63, 3.8) is 0 Å². The number of methoxy groups -OCH3 is 1. The van der Waals surface area contributed by atoms with Crippen LogP contribution < -0.4 is 14.8 Å². The molecule has 0 saturated carbocycles. The van der Waals surface area contributed by atoms with E-state index in [0.717, 1.165) is 11.3 Å². The minimum Gasteiger partial charge on any atom is -0.495 e. The van der Waals surface area contributed by atoms with Gasteiger partial charge in [-0.1, -0.05) is 23.7 Å². The van der Waals surface area contributed by atoms with Crippen molar-refractivity contribution >= 4 is 23.2 Å². The van der Waals surface area contributed by atoms with Crippen LogP contribution in [0.4, 0.5) is 5.69 Å². The maximum absolute atomic E-state index is 12.0. The van der Waals surface area contributed by atoms with Crippen molar-refractivity contribution < 1.29 is 14.3 Å². The zero-order valence-corrected chi connectivity index (χ0v) is 14.0. The zero-order valence-electron chi connectivity index (χ0n) is 13.3. The van der Waals surface area contributed by atoms with Crippen LogP contribution in [-0.4, -0.2) is 19.6 Å². The summed E-state index contributed by atoms with van der Waals surface area (Å²) in [5.74, 6) is 1.34. The standard InChI is InChI=1S/C18H20ClNO3/c1-13-12-14(9-10-15(13)19)23-11-5-8-18(21)20-16-6-3-4-7-17(16)22-2/h3-4,6-7,9-10,12H,5,8,11H2,1-2H3,(H,20,21). The first kappa shape index (κ1) is 17.2. The number of halogens is 1. The normalized spacial score (nSPS) is 10.2. The summed E-state index contributed by atoms with van der Waals surface area (Å²) in [5.41, 5.74) is 1.65. The van der Waals surface area contributed by atoms with E-state index in [0.29, 0.717) is 35.9 Å². The third kappa shape index (κ3) is 5.18. The molecule has 0 bridgehead atoms. The van der Waals surface area contributed by atoms with Gasteiger partial charge in [-0.05, 0) is 49.2 Å². The smallest absolute Gasteiger partial charge is 0.224 e. The maximum Gasteiger partial charge on any atom is 0.224 e. The number of anilines is 1. The Morgan fingerprint density at radius 3 is 2.74 bits per heavy atom. The van der Waals surface area contributed by atoms with Gasteiger partial charge in [0.05, 0.1) is 19.4 Å². The highest BCUT2D eigenvalue weighted by Crippen LogP contribution is 2.23. The van der Waals surface area contributed by atoms with E-state index in [4.69, 9.17) is 21.1 Å². The highest BCUT2D eigenvalue weighted by atomic mass is 35.5. The number of aryl methyl sites for hydroxylation is 1. The molecule has 5 heteroatoms. The number of nitrogens with one attached hydrogen (secondary N) is 1. The molecule has 1 amide bonds. The summed E-state index contributed by atoms with van der Waals surface area (Å²) in [5, 5.41) is 3.56. The molecule has 0 unspecified atom stereocenters. The molecular formula is C18H20ClNO3. The molecule has 0 saturated heterocycles. The molecular weight excluding hydrogens is 314 g/mol. The van der Waals surface area contributed by atoms with Crippen molar-refractivity contribution in [2.75, 3.05) is 19.0 Å². The fourth-order valence-electron chi connectivity index (χ4n) is 2.09. The first-order valence-corrected chi connectivity index (χ1v) is 7.80. The van der Waals surface area contributed by atoms with Gasteiger partial charge in [0, 0.05) is 11.4 Å².